The van der Waals surface area contributed by atoms with Crippen molar-refractivity contribution in [2.24, 2.45) is 0 Å². The third-order valence-electron chi connectivity index (χ3n) is 2.79. The zero-order chi connectivity index (χ0) is 14.4. The van der Waals surface area contributed by atoms with E-state index in [9.17, 15) is 9.59 Å². The van der Waals surface area contributed by atoms with Crippen LogP contribution in [0.5, 0.6) is 0 Å². The lowest BCUT2D eigenvalue weighted by Crippen LogP contribution is -2.38. The van der Waals surface area contributed by atoms with Crippen LogP contribution < -0.4 is 0 Å². The molecule has 1 aromatic rings. The Kier molecular flexibility index (Phi) is 5.51. The molecule has 0 atom stereocenters. The number of methoxy groups -OCH3 is 1. The van der Waals surface area contributed by atoms with Crippen LogP contribution in [0, 0.1) is 13.8 Å². The largest absolute Gasteiger partial charge is 0.480 e. The monoisotopic (exact) mass is 265 g/mol. The van der Waals surface area contributed by atoms with Crippen molar-refractivity contribution in [2.75, 3.05) is 26.8 Å². The van der Waals surface area contributed by atoms with E-state index < -0.39 is 5.97 Å². The van der Waals surface area contributed by atoms with E-state index >= 15 is 0 Å². The number of hydrogen-bond donors (Lipinski definition) is 1. The average molecular weight is 265 g/mol. The summed E-state index contributed by atoms with van der Waals surface area (Å²) >= 11 is 0. The molecule has 0 bridgehead atoms. The number of carboxylic acid groups (broad SMARTS) is 1. The third kappa shape index (κ3) is 4.37. The van der Waals surface area contributed by atoms with Crippen LogP contribution in [0.3, 0.4) is 0 Å². The Balaban J connectivity index is 2.93. The van der Waals surface area contributed by atoms with Gasteiger partial charge < -0.3 is 14.7 Å². The molecule has 1 rings (SSSR count). The van der Waals surface area contributed by atoms with Crippen molar-refractivity contribution < 1.29 is 19.4 Å². The van der Waals surface area contributed by atoms with E-state index in [-0.39, 0.29) is 19.0 Å². The van der Waals surface area contributed by atoms with E-state index in [2.05, 4.69) is 0 Å². The first-order chi connectivity index (χ1) is 8.95. The van der Waals surface area contributed by atoms with Gasteiger partial charge in [0.05, 0.1) is 6.61 Å². The normalized spacial score (nSPS) is 10.3. The molecule has 0 saturated heterocycles. The topological polar surface area (TPSA) is 66.8 Å². The molecule has 1 amide bonds. The average Bonchev–Trinajstić information content (AvgIpc) is 2.33. The number of rotatable bonds is 6. The molecule has 1 aromatic carbocycles. The highest BCUT2D eigenvalue weighted by molar-refractivity contribution is 5.97. The first-order valence-electron chi connectivity index (χ1n) is 6.03. The molecule has 0 aliphatic carbocycles. The molecule has 104 valence electrons. The number of carbonyl (C=O) groups excluding carboxylic acids is 1. The summed E-state index contributed by atoms with van der Waals surface area (Å²) in [5, 5.41) is 8.86. The predicted molar refractivity (Wildman–Crippen MR) is 71.3 cm³/mol. The number of nitrogens with zero attached hydrogens (tertiary/aromatic N) is 1. The van der Waals surface area contributed by atoms with Crippen molar-refractivity contribution >= 4 is 11.9 Å². The van der Waals surface area contributed by atoms with Gasteiger partial charge >= 0.3 is 5.97 Å². The number of aryl methyl sites for hydroxylation is 2. The van der Waals surface area contributed by atoms with Crippen LogP contribution in [0.1, 0.15) is 21.5 Å². The van der Waals surface area contributed by atoms with E-state index in [1.54, 1.807) is 6.07 Å². The predicted octanol–water partition coefficient (Wildman–Crippen LogP) is 1.48. The molecule has 0 saturated carbocycles. The molecule has 0 heterocycles. The second-order valence-corrected chi connectivity index (χ2v) is 4.43. The van der Waals surface area contributed by atoms with Gasteiger partial charge in [-0.3, -0.25) is 9.59 Å². The van der Waals surface area contributed by atoms with Crippen molar-refractivity contribution in [2.45, 2.75) is 13.8 Å². The number of aliphatic carboxylic acids is 1. The van der Waals surface area contributed by atoms with Gasteiger partial charge in [0.2, 0.25) is 0 Å². The zero-order valence-corrected chi connectivity index (χ0v) is 11.5. The summed E-state index contributed by atoms with van der Waals surface area (Å²) in [4.78, 5) is 24.4. The van der Waals surface area contributed by atoms with E-state index in [1.807, 2.05) is 26.0 Å². The van der Waals surface area contributed by atoms with Crippen LogP contribution in [0.4, 0.5) is 0 Å². The van der Waals surface area contributed by atoms with Crippen molar-refractivity contribution in [3.05, 3.63) is 34.9 Å². The van der Waals surface area contributed by atoms with Gasteiger partial charge in [0, 0.05) is 19.2 Å². The van der Waals surface area contributed by atoms with Crippen molar-refractivity contribution in [1.82, 2.24) is 4.90 Å². The zero-order valence-electron chi connectivity index (χ0n) is 11.5. The Bertz CT molecular complexity index is 471. The second-order valence-electron chi connectivity index (χ2n) is 4.43. The fourth-order valence-corrected chi connectivity index (χ4v) is 1.84. The van der Waals surface area contributed by atoms with Gasteiger partial charge in [-0.1, -0.05) is 17.7 Å². The Morgan fingerprint density at radius 3 is 2.53 bits per heavy atom. The van der Waals surface area contributed by atoms with Gasteiger partial charge in [-0.15, -0.1) is 0 Å². The van der Waals surface area contributed by atoms with Crippen LogP contribution in [-0.2, 0) is 9.53 Å². The number of hydrogen-bond acceptors (Lipinski definition) is 3. The van der Waals surface area contributed by atoms with Gasteiger partial charge in [-0.2, -0.15) is 0 Å². The van der Waals surface area contributed by atoms with Crippen LogP contribution in [0.15, 0.2) is 18.2 Å². The first kappa shape index (κ1) is 15.2. The second kappa shape index (κ2) is 6.89. The van der Waals surface area contributed by atoms with E-state index in [0.29, 0.717) is 12.2 Å². The lowest BCUT2D eigenvalue weighted by atomic mass is 10.0. The first-order valence-corrected chi connectivity index (χ1v) is 6.03. The van der Waals surface area contributed by atoms with Gasteiger partial charge in [0.15, 0.2) is 0 Å². The SMILES string of the molecule is COCCN(CC(=O)O)C(=O)c1ccc(C)cc1C. The summed E-state index contributed by atoms with van der Waals surface area (Å²) in [6.45, 7) is 4.03. The number of ether oxygens (including phenoxy) is 1. The van der Waals surface area contributed by atoms with Crippen LogP contribution in [0.2, 0.25) is 0 Å². The molecule has 0 spiro atoms. The summed E-state index contributed by atoms with van der Waals surface area (Å²) < 4.78 is 4.90. The summed E-state index contributed by atoms with van der Waals surface area (Å²) in [6.07, 6.45) is 0. The molecule has 0 aliphatic heterocycles. The van der Waals surface area contributed by atoms with E-state index in [0.717, 1.165) is 11.1 Å². The molecule has 0 radical (unpaired) electrons. The minimum atomic E-state index is -1.03. The number of carboxylic acids is 1. The molecule has 0 unspecified atom stereocenters. The summed E-state index contributed by atoms with van der Waals surface area (Å²) in [6, 6.07) is 5.48. The van der Waals surface area contributed by atoms with Crippen LogP contribution >= 0.6 is 0 Å². The molecular formula is C14H19NO4. The van der Waals surface area contributed by atoms with Crippen LogP contribution in [0.25, 0.3) is 0 Å². The fraction of sp³-hybridized carbons (Fsp3) is 0.429. The van der Waals surface area contributed by atoms with Gasteiger partial charge in [-0.25, -0.2) is 0 Å². The molecule has 0 aliphatic rings. The lowest BCUT2D eigenvalue weighted by molar-refractivity contribution is -0.137. The maximum atomic E-state index is 12.3. The van der Waals surface area contributed by atoms with Gasteiger partial charge in [0.25, 0.3) is 5.91 Å². The Morgan fingerprint density at radius 1 is 1.32 bits per heavy atom. The highest BCUT2D eigenvalue weighted by Gasteiger charge is 2.19. The standard InChI is InChI=1S/C14H19NO4/c1-10-4-5-12(11(2)8-10)14(18)15(6-7-19-3)9-13(16)17/h4-5,8H,6-7,9H2,1-3H3,(H,16,17). The third-order valence-corrected chi connectivity index (χ3v) is 2.79. The minimum absolute atomic E-state index is 0.259. The summed E-state index contributed by atoms with van der Waals surface area (Å²) in [7, 11) is 1.51. The van der Waals surface area contributed by atoms with E-state index in [1.165, 1.54) is 12.0 Å². The molecule has 0 aromatic heterocycles. The highest BCUT2D eigenvalue weighted by atomic mass is 16.5. The molecule has 0 fully saturated rings. The smallest absolute Gasteiger partial charge is 0.323 e. The van der Waals surface area contributed by atoms with Crippen molar-refractivity contribution in [3.8, 4) is 0 Å². The molecule has 19 heavy (non-hydrogen) atoms. The van der Waals surface area contributed by atoms with Crippen LogP contribution in [-0.4, -0.2) is 48.7 Å². The van der Waals surface area contributed by atoms with Crippen molar-refractivity contribution in [3.63, 3.8) is 0 Å². The maximum absolute atomic E-state index is 12.3. The lowest BCUT2D eigenvalue weighted by Gasteiger charge is -2.21. The summed E-state index contributed by atoms with van der Waals surface area (Å²) in [5.41, 5.74) is 2.44. The minimum Gasteiger partial charge on any atom is -0.480 e. The number of carbonyl (C=O) groups is 2. The number of amides is 1. The quantitative estimate of drug-likeness (QED) is 0.846. The van der Waals surface area contributed by atoms with Gasteiger partial charge in [-0.05, 0) is 25.5 Å². The number of benzene rings is 1. The Labute approximate surface area is 112 Å². The summed E-state index contributed by atoms with van der Waals surface area (Å²) in [5.74, 6) is -1.31. The van der Waals surface area contributed by atoms with E-state index in [4.69, 9.17) is 9.84 Å². The molecular weight excluding hydrogens is 246 g/mol. The fourth-order valence-electron chi connectivity index (χ4n) is 1.84. The van der Waals surface area contributed by atoms with Crippen molar-refractivity contribution in [1.29, 1.82) is 0 Å². The molecule has 5 heteroatoms. The Hall–Kier alpha value is -1.88. The Morgan fingerprint density at radius 2 is 2.00 bits per heavy atom. The van der Waals surface area contributed by atoms with Gasteiger partial charge in [0.1, 0.15) is 6.54 Å². The molecule has 1 N–H and O–H groups in total. The maximum Gasteiger partial charge on any atom is 0.323 e. The highest BCUT2D eigenvalue weighted by Crippen LogP contribution is 2.13. The molecule has 5 nitrogen and oxygen atoms in total.